The second kappa shape index (κ2) is 7.36. The van der Waals surface area contributed by atoms with Gasteiger partial charge in [-0.15, -0.1) is 11.3 Å². The molecule has 2 rings (SSSR count). The topological polar surface area (TPSA) is 28.2 Å². The molecular weight excluding hydrogens is 254 g/mol. The lowest BCUT2D eigenvalue weighted by Crippen LogP contribution is -2.33. The summed E-state index contributed by atoms with van der Waals surface area (Å²) in [6.45, 7) is 12.3. The molecule has 2 heterocycles. The minimum Gasteiger partial charge on any atom is -0.310 e. The van der Waals surface area contributed by atoms with E-state index in [4.69, 9.17) is 4.98 Å². The summed E-state index contributed by atoms with van der Waals surface area (Å²) in [6.07, 6.45) is 2.73. The Labute approximate surface area is 121 Å². The van der Waals surface area contributed by atoms with Crippen molar-refractivity contribution in [3.8, 4) is 0 Å². The molecule has 1 aliphatic rings. The van der Waals surface area contributed by atoms with Crippen LogP contribution in [0, 0.1) is 11.8 Å². The van der Waals surface area contributed by atoms with E-state index in [0.717, 1.165) is 25.6 Å². The van der Waals surface area contributed by atoms with Gasteiger partial charge in [0, 0.05) is 25.0 Å². The second-order valence-corrected chi connectivity index (χ2v) is 7.18. The number of piperidine rings is 1. The monoisotopic (exact) mass is 281 g/mol. The summed E-state index contributed by atoms with van der Waals surface area (Å²) >= 11 is 1.79. The SMILES string of the molecule is CC(C)CNCc1nc(CN2CCCC(C)C2)cs1. The van der Waals surface area contributed by atoms with Crippen molar-refractivity contribution in [3.63, 3.8) is 0 Å². The van der Waals surface area contributed by atoms with Crippen molar-refractivity contribution in [1.82, 2.24) is 15.2 Å². The standard InChI is InChI=1S/C15H27N3S/c1-12(2)7-16-8-15-17-14(11-19-15)10-18-6-4-5-13(3)9-18/h11-13,16H,4-10H2,1-3H3. The van der Waals surface area contributed by atoms with Crippen molar-refractivity contribution in [2.75, 3.05) is 19.6 Å². The zero-order valence-corrected chi connectivity index (χ0v) is 13.3. The fourth-order valence-corrected chi connectivity index (χ4v) is 3.38. The summed E-state index contributed by atoms with van der Waals surface area (Å²) in [5, 5.41) is 6.91. The van der Waals surface area contributed by atoms with Gasteiger partial charge in [-0.05, 0) is 37.8 Å². The van der Waals surface area contributed by atoms with Gasteiger partial charge in [-0.25, -0.2) is 4.98 Å². The van der Waals surface area contributed by atoms with E-state index in [1.54, 1.807) is 11.3 Å². The minimum atomic E-state index is 0.703. The van der Waals surface area contributed by atoms with Crippen molar-refractivity contribution in [3.05, 3.63) is 16.1 Å². The molecular formula is C15H27N3S. The van der Waals surface area contributed by atoms with Crippen LogP contribution in [-0.2, 0) is 13.1 Å². The lowest BCUT2D eigenvalue weighted by molar-refractivity contribution is 0.175. The van der Waals surface area contributed by atoms with Crippen molar-refractivity contribution < 1.29 is 0 Å². The Balaban J connectivity index is 1.77. The molecule has 1 saturated heterocycles. The number of aromatic nitrogens is 1. The molecule has 0 bridgehead atoms. The zero-order chi connectivity index (χ0) is 13.7. The van der Waals surface area contributed by atoms with Crippen LogP contribution in [0.15, 0.2) is 5.38 Å². The highest BCUT2D eigenvalue weighted by Crippen LogP contribution is 2.18. The molecule has 19 heavy (non-hydrogen) atoms. The lowest BCUT2D eigenvalue weighted by Gasteiger charge is -2.30. The Morgan fingerprint density at radius 1 is 1.53 bits per heavy atom. The van der Waals surface area contributed by atoms with Crippen LogP contribution in [0.5, 0.6) is 0 Å². The summed E-state index contributed by atoms with van der Waals surface area (Å²) in [5.41, 5.74) is 1.25. The number of hydrogen-bond donors (Lipinski definition) is 1. The minimum absolute atomic E-state index is 0.703. The van der Waals surface area contributed by atoms with E-state index in [0.29, 0.717) is 5.92 Å². The van der Waals surface area contributed by atoms with Gasteiger partial charge in [0.2, 0.25) is 0 Å². The molecule has 1 aromatic heterocycles. The van der Waals surface area contributed by atoms with E-state index in [2.05, 4.69) is 36.4 Å². The van der Waals surface area contributed by atoms with Crippen molar-refractivity contribution in [1.29, 1.82) is 0 Å². The first-order valence-electron chi connectivity index (χ1n) is 7.50. The number of nitrogens with one attached hydrogen (secondary N) is 1. The van der Waals surface area contributed by atoms with E-state index in [1.807, 2.05) is 0 Å². The third-order valence-electron chi connectivity index (χ3n) is 3.55. The Bertz CT molecular complexity index is 375. The van der Waals surface area contributed by atoms with Gasteiger partial charge >= 0.3 is 0 Å². The van der Waals surface area contributed by atoms with E-state index >= 15 is 0 Å². The van der Waals surface area contributed by atoms with Crippen LogP contribution in [0.4, 0.5) is 0 Å². The van der Waals surface area contributed by atoms with Gasteiger partial charge in [0.05, 0.1) is 5.69 Å². The zero-order valence-electron chi connectivity index (χ0n) is 12.5. The maximum absolute atomic E-state index is 4.74. The average Bonchev–Trinajstić information content (AvgIpc) is 2.76. The number of likely N-dealkylation sites (tertiary alicyclic amines) is 1. The quantitative estimate of drug-likeness (QED) is 0.868. The lowest BCUT2D eigenvalue weighted by atomic mass is 10.0. The van der Waals surface area contributed by atoms with Crippen LogP contribution in [0.1, 0.15) is 44.3 Å². The Morgan fingerprint density at radius 2 is 2.37 bits per heavy atom. The first-order chi connectivity index (χ1) is 9.13. The van der Waals surface area contributed by atoms with Crippen molar-refractivity contribution in [2.45, 2.75) is 46.7 Å². The molecule has 0 saturated carbocycles. The van der Waals surface area contributed by atoms with Gasteiger partial charge < -0.3 is 5.32 Å². The number of thiazole rings is 1. The first kappa shape index (κ1) is 14.9. The van der Waals surface area contributed by atoms with Crippen LogP contribution in [0.25, 0.3) is 0 Å². The van der Waals surface area contributed by atoms with Gasteiger partial charge in [-0.2, -0.15) is 0 Å². The summed E-state index contributed by atoms with van der Waals surface area (Å²) in [5.74, 6) is 1.55. The smallest absolute Gasteiger partial charge is 0.107 e. The third kappa shape index (κ3) is 5.21. The molecule has 0 aromatic carbocycles. The Hall–Kier alpha value is -0.450. The number of rotatable bonds is 6. The van der Waals surface area contributed by atoms with Gasteiger partial charge in [0.15, 0.2) is 0 Å². The van der Waals surface area contributed by atoms with E-state index in [9.17, 15) is 0 Å². The van der Waals surface area contributed by atoms with Gasteiger partial charge in [-0.1, -0.05) is 20.8 Å². The highest BCUT2D eigenvalue weighted by molar-refractivity contribution is 7.09. The number of hydrogen-bond acceptors (Lipinski definition) is 4. The second-order valence-electron chi connectivity index (χ2n) is 6.24. The maximum Gasteiger partial charge on any atom is 0.107 e. The molecule has 1 unspecified atom stereocenters. The summed E-state index contributed by atoms with van der Waals surface area (Å²) in [6, 6.07) is 0. The van der Waals surface area contributed by atoms with E-state index in [1.165, 1.54) is 36.6 Å². The molecule has 0 radical (unpaired) electrons. The molecule has 1 aromatic rings. The predicted octanol–water partition coefficient (Wildman–Crippen LogP) is 3.12. The van der Waals surface area contributed by atoms with Gasteiger partial charge in [-0.3, -0.25) is 4.90 Å². The maximum atomic E-state index is 4.74. The molecule has 0 aliphatic carbocycles. The molecule has 108 valence electrons. The normalized spacial score (nSPS) is 21.2. The first-order valence-corrected chi connectivity index (χ1v) is 8.38. The predicted molar refractivity (Wildman–Crippen MR) is 82.3 cm³/mol. The molecule has 0 amide bonds. The molecule has 1 fully saturated rings. The van der Waals surface area contributed by atoms with Crippen molar-refractivity contribution >= 4 is 11.3 Å². The third-order valence-corrected chi connectivity index (χ3v) is 4.45. The molecule has 0 spiro atoms. The molecule has 3 nitrogen and oxygen atoms in total. The molecule has 1 N–H and O–H groups in total. The van der Waals surface area contributed by atoms with Gasteiger partial charge in [0.25, 0.3) is 0 Å². The number of nitrogens with zero attached hydrogens (tertiary/aromatic N) is 2. The molecule has 1 aliphatic heterocycles. The fraction of sp³-hybridized carbons (Fsp3) is 0.800. The summed E-state index contributed by atoms with van der Waals surface area (Å²) < 4.78 is 0. The fourth-order valence-electron chi connectivity index (χ4n) is 2.63. The summed E-state index contributed by atoms with van der Waals surface area (Å²) in [7, 11) is 0. The molecule has 4 heteroatoms. The van der Waals surface area contributed by atoms with E-state index < -0.39 is 0 Å². The van der Waals surface area contributed by atoms with E-state index in [-0.39, 0.29) is 0 Å². The van der Waals surface area contributed by atoms with Crippen LogP contribution in [-0.4, -0.2) is 29.5 Å². The largest absolute Gasteiger partial charge is 0.310 e. The molecule has 1 atom stereocenters. The Kier molecular flexibility index (Phi) is 5.79. The van der Waals surface area contributed by atoms with Crippen LogP contribution < -0.4 is 5.32 Å². The Morgan fingerprint density at radius 3 is 3.11 bits per heavy atom. The van der Waals surface area contributed by atoms with Crippen LogP contribution in [0.2, 0.25) is 0 Å². The highest BCUT2D eigenvalue weighted by Gasteiger charge is 2.17. The van der Waals surface area contributed by atoms with Crippen LogP contribution >= 0.6 is 11.3 Å². The van der Waals surface area contributed by atoms with Crippen LogP contribution in [0.3, 0.4) is 0 Å². The average molecular weight is 281 g/mol. The van der Waals surface area contributed by atoms with Gasteiger partial charge in [0.1, 0.15) is 5.01 Å². The summed E-state index contributed by atoms with van der Waals surface area (Å²) in [4.78, 5) is 7.29. The highest BCUT2D eigenvalue weighted by atomic mass is 32.1. The van der Waals surface area contributed by atoms with Crippen molar-refractivity contribution in [2.24, 2.45) is 11.8 Å².